The molecule has 3 nitrogen and oxygen atoms in total. The molecular formula is C53H57BN2O. The highest BCUT2D eigenvalue weighted by molar-refractivity contribution is 7.00. The van der Waals surface area contributed by atoms with Crippen LogP contribution in [-0.2, 0) is 21.7 Å². The molecule has 3 heterocycles. The summed E-state index contributed by atoms with van der Waals surface area (Å²) in [5.41, 5.74) is 19.6. The van der Waals surface area contributed by atoms with Crippen LogP contribution in [0.5, 0.6) is 0 Å². The summed E-state index contributed by atoms with van der Waals surface area (Å²) >= 11 is 0. The highest BCUT2D eigenvalue weighted by Crippen LogP contribution is 2.50. The molecule has 0 aliphatic carbocycles. The van der Waals surface area contributed by atoms with Crippen molar-refractivity contribution in [2.45, 2.75) is 112 Å². The molecule has 0 saturated heterocycles. The molecule has 2 aliphatic rings. The Hall–Kier alpha value is -5.22. The molecule has 4 heteroatoms. The molecule has 0 radical (unpaired) electrons. The van der Waals surface area contributed by atoms with E-state index < -0.39 is 0 Å². The second kappa shape index (κ2) is 12.4. The molecule has 0 amide bonds. The smallest absolute Gasteiger partial charge is 0.252 e. The van der Waals surface area contributed by atoms with Crippen LogP contribution in [-0.4, -0.2) is 6.71 Å². The van der Waals surface area contributed by atoms with Crippen molar-refractivity contribution in [2.24, 2.45) is 0 Å². The maximum atomic E-state index is 6.85. The number of furan rings is 1. The summed E-state index contributed by atoms with van der Waals surface area (Å²) in [6.07, 6.45) is 0. The van der Waals surface area contributed by atoms with Crippen LogP contribution in [0.1, 0.15) is 111 Å². The monoisotopic (exact) mass is 748 g/mol. The summed E-state index contributed by atoms with van der Waals surface area (Å²) < 4.78 is 6.85. The summed E-state index contributed by atoms with van der Waals surface area (Å²) in [6, 6.07) is 41.9. The van der Waals surface area contributed by atoms with Crippen LogP contribution < -0.4 is 26.2 Å². The molecule has 0 saturated carbocycles. The molecular weight excluding hydrogens is 691 g/mol. The molecule has 6 aromatic carbocycles. The van der Waals surface area contributed by atoms with E-state index in [9.17, 15) is 0 Å². The number of fused-ring (bicyclic) bond motifs is 7. The van der Waals surface area contributed by atoms with Gasteiger partial charge in [0.2, 0.25) is 0 Å². The van der Waals surface area contributed by atoms with Crippen LogP contribution in [0.3, 0.4) is 0 Å². The number of rotatable bonds is 2. The summed E-state index contributed by atoms with van der Waals surface area (Å²) in [5.74, 6) is 0. The topological polar surface area (TPSA) is 19.6 Å². The molecule has 0 N–H and O–H groups in total. The Morgan fingerprint density at radius 1 is 0.474 bits per heavy atom. The summed E-state index contributed by atoms with van der Waals surface area (Å²) in [4.78, 5) is 5.11. The lowest BCUT2D eigenvalue weighted by Crippen LogP contribution is -2.61. The fourth-order valence-corrected chi connectivity index (χ4v) is 9.31. The molecule has 0 fully saturated rings. The van der Waals surface area contributed by atoms with Crippen LogP contribution in [0.15, 0.2) is 114 Å². The predicted molar refractivity (Wildman–Crippen MR) is 247 cm³/mol. The van der Waals surface area contributed by atoms with Crippen molar-refractivity contribution in [3.8, 4) is 0 Å². The minimum absolute atomic E-state index is 0.00979. The molecule has 0 unspecified atom stereocenters. The van der Waals surface area contributed by atoms with Crippen molar-refractivity contribution in [1.29, 1.82) is 0 Å². The third-order valence-corrected chi connectivity index (χ3v) is 12.5. The quantitative estimate of drug-likeness (QED) is 0.164. The third kappa shape index (κ3) is 5.93. The van der Waals surface area contributed by atoms with E-state index in [-0.39, 0.29) is 28.4 Å². The first-order chi connectivity index (χ1) is 26.7. The summed E-state index contributed by atoms with van der Waals surface area (Å²) in [7, 11) is 0. The Morgan fingerprint density at radius 2 is 0.982 bits per heavy atom. The normalized spacial score (nSPS) is 14.3. The SMILES string of the molecule is Cc1cc2c3c(c1)N(c1ccc(C(C)(C)C)c4oc5ccccc5c14)c1ccc(C(C)(C)C)cc1B3c1cc(C(C)(C)C)ccc1N2c1ccc(C(C)(C)C)cc1. The molecule has 1 aromatic heterocycles. The van der Waals surface area contributed by atoms with Crippen molar-refractivity contribution in [1.82, 2.24) is 0 Å². The number of hydrogen-bond donors (Lipinski definition) is 0. The highest BCUT2D eigenvalue weighted by atomic mass is 16.3. The lowest BCUT2D eigenvalue weighted by molar-refractivity contribution is 0.573. The number of para-hydroxylation sites is 1. The van der Waals surface area contributed by atoms with Gasteiger partial charge in [0.25, 0.3) is 6.71 Å². The molecule has 288 valence electrons. The molecule has 2 aliphatic heterocycles. The zero-order chi connectivity index (χ0) is 40.6. The fraction of sp³-hybridized carbons (Fsp3) is 0.321. The van der Waals surface area contributed by atoms with E-state index in [4.69, 9.17) is 4.42 Å². The van der Waals surface area contributed by atoms with Gasteiger partial charge in [0.15, 0.2) is 0 Å². The van der Waals surface area contributed by atoms with Crippen molar-refractivity contribution in [3.63, 3.8) is 0 Å². The van der Waals surface area contributed by atoms with Gasteiger partial charge in [-0.3, -0.25) is 0 Å². The minimum Gasteiger partial charge on any atom is -0.456 e. The average Bonchev–Trinajstić information content (AvgIpc) is 3.52. The number of hydrogen-bond acceptors (Lipinski definition) is 3. The van der Waals surface area contributed by atoms with Gasteiger partial charge in [-0.2, -0.15) is 0 Å². The van der Waals surface area contributed by atoms with Gasteiger partial charge in [0.1, 0.15) is 11.2 Å². The molecule has 0 bridgehead atoms. The number of aryl methyl sites for hydroxylation is 1. The Bertz CT molecular complexity index is 2740. The van der Waals surface area contributed by atoms with Crippen molar-refractivity contribution >= 4 is 79.2 Å². The van der Waals surface area contributed by atoms with Gasteiger partial charge < -0.3 is 14.2 Å². The van der Waals surface area contributed by atoms with Crippen molar-refractivity contribution in [3.05, 3.63) is 137 Å². The van der Waals surface area contributed by atoms with E-state index in [0.717, 1.165) is 22.2 Å². The van der Waals surface area contributed by atoms with Gasteiger partial charge in [0.05, 0.1) is 11.1 Å². The first-order valence-electron chi connectivity index (χ1n) is 20.8. The maximum absolute atomic E-state index is 6.85. The van der Waals surface area contributed by atoms with Gasteiger partial charge in [-0.05, 0) is 116 Å². The van der Waals surface area contributed by atoms with Crippen molar-refractivity contribution in [2.75, 3.05) is 9.80 Å². The Morgan fingerprint density at radius 3 is 1.54 bits per heavy atom. The molecule has 57 heavy (non-hydrogen) atoms. The average molecular weight is 749 g/mol. The molecule has 0 atom stereocenters. The van der Waals surface area contributed by atoms with E-state index in [1.165, 1.54) is 78.0 Å². The molecule has 0 spiro atoms. The van der Waals surface area contributed by atoms with Gasteiger partial charge in [-0.25, -0.2) is 0 Å². The zero-order valence-corrected chi connectivity index (χ0v) is 36.3. The largest absolute Gasteiger partial charge is 0.456 e. The summed E-state index contributed by atoms with van der Waals surface area (Å²) in [5, 5.41) is 2.31. The maximum Gasteiger partial charge on any atom is 0.252 e. The van der Waals surface area contributed by atoms with Gasteiger partial charge in [-0.1, -0.05) is 144 Å². The lowest BCUT2D eigenvalue weighted by Gasteiger charge is -2.45. The second-order valence-electron chi connectivity index (χ2n) is 20.8. The fourth-order valence-electron chi connectivity index (χ4n) is 9.31. The number of anilines is 6. The Kier molecular flexibility index (Phi) is 8.12. The molecule has 7 aromatic rings. The van der Waals surface area contributed by atoms with Gasteiger partial charge in [-0.15, -0.1) is 0 Å². The number of benzene rings is 6. The van der Waals surface area contributed by atoms with Crippen LogP contribution >= 0.6 is 0 Å². The van der Waals surface area contributed by atoms with E-state index in [1.54, 1.807) is 0 Å². The molecule has 9 rings (SSSR count). The summed E-state index contributed by atoms with van der Waals surface area (Å²) in [6.45, 7) is 30.0. The van der Waals surface area contributed by atoms with E-state index in [0.29, 0.717) is 0 Å². The van der Waals surface area contributed by atoms with Crippen LogP contribution in [0, 0.1) is 6.92 Å². The van der Waals surface area contributed by atoms with Gasteiger partial charge >= 0.3 is 0 Å². The van der Waals surface area contributed by atoms with E-state index >= 15 is 0 Å². The predicted octanol–water partition coefficient (Wildman–Crippen LogP) is 13.2. The number of nitrogens with zero attached hydrogens (tertiary/aromatic N) is 2. The highest BCUT2D eigenvalue weighted by Gasteiger charge is 2.45. The standard InChI is InChI=1S/C53H57BN2O/c1-32-28-44-48-45(29-32)56(43-27-24-38(53(11,12)13)49-47(43)37-16-14-15-17-46(37)57-49)42-26-21-35(52(8,9)10)31-40(42)54(48)39-30-34(51(5,6)7)20-25-41(39)55(44)36-22-18-33(19-23-36)50(2,3)4/h14-31H,1-13H3. The Labute approximate surface area is 340 Å². The Balaban J connectivity index is 1.42. The van der Waals surface area contributed by atoms with Crippen molar-refractivity contribution < 1.29 is 4.42 Å². The first kappa shape index (κ1) is 37.4. The van der Waals surface area contributed by atoms with E-state index in [1.807, 2.05) is 0 Å². The van der Waals surface area contributed by atoms with Gasteiger partial charge in [0, 0.05) is 39.4 Å². The first-order valence-corrected chi connectivity index (χ1v) is 20.8. The lowest BCUT2D eigenvalue weighted by atomic mass is 9.33. The zero-order valence-electron chi connectivity index (χ0n) is 36.3. The van der Waals surface area contributed by atoms with Crippen LogP contribution in [0.2, 0.25) is 0 Å². The van der Waals surface area contributed by atoms with Crippen LogP contribution in [0.25, 0.3) is 21.9 Å². The second-order valence-corrected chi connectivity index (χ2v) is 20.8. The van der Waals surface area contributed by atoms with E-state index in [2.05, 4.69) is 209 Å². The van der Waals surface area contributed by atoms with Crippen LogP contribution in [0.4, 0.5) is 34.1 Å². The minimum atomic E-state index is -0.100. The third-order valence-electron chi connectivity index (χ3n) is 12.5.